The highest BCUT2D eigenvalue weighted by Gasteiger charge is 2.16. The molecule has 0 bridgehead atoms. The number of aryl methyl sites for hydroxylation is 1. The van der Waals surface area contributed by atoms with Gasteiger partial charge in [0, 0.05) is 54.3 Å². The van der Waals surface area contributed by atoms with E-state index in [2.05, 4.69) is 15.3 Å². The van der Waals surface area contributed by atoms with Crippen molar-refractivity contribution in [2.45, 2.75) is 26.8 Å². The van der Waals surface area contributed by atoms with Gasteiger partial charge in [-0.05, 0) is 70.2 Å². The first-order chi connectivity index (χ1) is 27.3. The molecule has 0 aliphatic rings. The van der Waals surface area contributed by atoms with E-state index in [0.717, 1.165) is 14.0 Å². The number of nitriles is 1. The predicted octanol–water partition coefficient (Wildman–Crippen LogP) is 6.41. The van der Waals surface area contributed by atoms with E-state index >= 15 is 0 Å². The third-order valence-electron chi connectivity index (χ3n) is 4.87. The third-order valence-corrected chi connectivity index (χ3v) is 5.14. The molecule has 0 amide bonds. The molecule has 2 aromatic carbocycles. The van der Waals surface area contributed by atoms with Crippen molar-refractivity contribution >= 4 is 39.7 Å². The number of nitrogens with zero attached hydrogens (tertiary/aromatic N) is 4. The average molecular weight is 589 g/mol. The van der Waals surface area contributed by atoms with Crippen molar-refractivity contribution in [3.05, 3.63) is 94.2 Å². The second kappa shape index (κ2) is 13.8. The van der Waals surface area contributed by atoms with Crippen LogP contribution in [-0.4, -0.2) is 47.7 Å². The number of halogens is 1. The molecule has 0 fully saturated rings. The fraction of sp³-hybridized carbons (Fsp3) is 0.250. The standard InChI is InChI=1S/C32H32ClN5O3/c1-5-40-31-17-29-27(15-22(31)14-26(39)10-7-13-38(3)4)32(23(18-34)19-35-29)37-24-11-12-30(28(33)16-24)41-20-25-9-6-8-21(2)36-25/h6-12,15-17,19H,5,13-14,20H2,1-4H3,(H,35,37)/b10-7+/i3D3,5D2,6D,7D,8D,9D,11D,12D,13D2,15D,16D,17D,19D,20D2. The second-order valence-corrected chi connectivity index (χ2v) is 8.30. The Labute approximate surface area is 271 Å². The van der Waals surface area contributed by atoms with E-state index in [0.29, 0.717) is 6.08 Å². The fourth-order valence-electron chi connectivity index (χ4n) is 3.21. The topological polar surface area (TPSA) is 100 Å². The molecular weight excluding hydrogens is 538 g/mol. The highest BCUT2D eigenvalue weighted by molar-refractivity contribution is 6.32. The van der Waals surface area contributed by atoms with Gasteiger partial charge in [0.05, 0.1) is 53.2 Å². The molecule has 0 aliphatic heterocycles. The quantitative estimate of drug-likeness (QED) is 0.189. The van der Waals surface area contributed by atoms with Gasteiger partial charge in [-0.3, -0.25) is 14.8 Å². The van der Waals surface area contributed by atoms with Gasteiger partial charge >= 0.3 is 0 Å². The maximum Gasteiger partial charge on any atom is 0.159 e. The highest BCUT2D eigenvalue weighted by atomic mass is 35.5. The van der Waals surface area contributed by atoms with Crippen LogP contribution < -0.4 is 14.8 Å². The fourth-order valence-corrected chi connectivity index (χ4v) is 3.39. The first-order valence-electron chi connectivity index (χ1n) is 21.0. The summed E-state index contributed by atoms with van der Waals surface area (Å²) >= 11 is 6.42. The van der Waals surface area contributed by atoms with E-state index in [9.17, 15) is 11.4 Å². The van der Waals surface area contributed by atoms with E-state index in [4.69, 9.17) is 45.7 Å². The largest absolute Gasteiger partial charge is 0.494 e. The number of hydrogen-bond acceptors (Lipinski definition) is 8. The summed E-state index contributed by atoms with van der Waals surface area (Å²) in [5.41, 5.74) is -4.06. The van der Waals surface area contributed by atoms with Crippen molar-refractivity contribution in [1.29, 1.82) is 5.26 Å². The molecule has 0 spiro atoms. The van der Waals surface area contributed by atoms with Crippen LogP contribution in [0, 0.1) is 18.3 Å². The number of anilines is 2. The molecule has 41 heavy (non-hydrogen) atoms. The number of ether oxygens (including phenoxy) is 2. The van der Waals surface area contributed by atoms with Gasteiger partial charge in [-0.15, -0.1) is 0 Å². The maximum atomic E-state index is 13.4. The number of hydrogen-bond donors (Lipinski definition) is 1. The molecule has 4 rings (SSSR count). The lowest BCUT2D eigenvalue weighted by atomic mass is 10.0. The van der Waals surface area contributed by atoms with Crippen LogP contribution in [0.15, 0.2) is 66.6 Å². The smallest absolute Gasteiger partial charge is 0.159 e. The van der Waals surface area contributed by atoms with Gasteiger partial charge in [0.15, 0.2) is 5.78 Å². The van der Waals surface area contributed by atoms with Crippen LogP contribution in [-0.2, 0) is 17.8 Å². The van der Waals surface area contributed by atoms with Gasteiger partial charge in [-0.2, -0.15) is 5.26 Å². The Bertz CT molecular complexity index is 2490. The zero-order chi connectivity index (χ0) is 45.9. The van der Waals surface area contributed by atoms with E-state index < -0.39 is 155 Å². The number of ketones is 1. The maximum absolute atomic E-state index is 13.4. The molecule has 210 valence electrons. The Morgan fingerprint density at radius 1 is 1.29 bits per heavy atom. The summed E-state index contributed by atoms with van der Waals surface area (Å²) in [6.07, 6.45) is -1.44. The molecule has 8 nitrogen and oxygen atoms in total. The number of nitrogens with one attached hydrogen (secondary N) is 1. The molecule has 2 aromatic heterocycles. The third kappa shape index (κ3) is 7.82. The second-order valence-electron chi connectivity index (χ2n) is 7.92. The zero-order valence-electron chi connectivity index (χ0n) is 40.7. The van der Waals surface area contributed by atoms with Crippen molar-refractivity contribution in [1.82, 2.24) is 14.9 Å². The minimum absolute atomic E-state index is 0.132. The van der Waals surface area contributed by atoms with Crippen LogP contribution >= 0.6 is 11.6 Å². The molecule has 9 heteroatoms. The average Bonchev–Trinajstić information content (AvgIpc) is 3.13. The Kier molecular flexibility index (Phi) is 4.52. The number of likely N-dealkylation sites (N-methyl/N-ethyl adjacent to an activating group) is 1. The van der Waals surface area contributed by atoms with Crippen LogP contribution in [0.1, 0.15) is 55.5 Å². The predicted molar refractivity (Wildman–Crippen MR) is 162 cm³/mol. The summed E-state index contributed by atoms with van der Waals surface area (Å²) < 4.78 is 167. The SMILES string of the molecule is [2H]/C(=C\C(=O)Cc1c(OC([2H])([2H])C)c([2H])c2nc([2H])c(C#N)c(Nc3c([2H])c([2H])c(OC([2H])([2H])c4nc(C)c([2H])c([2H])c4[2H])c(Cl)c3[2H])c2c1[2H])C([2H])([2H])N(C)C([2H])([2H])[2H]. The Morgan fingerprint density at radius 3 is 2.93 bits per heavy atom. The number of pyridine rings is 2. The molecular formula is C32H32ClN5O3. The molecule has 0 saturated heterocycles. The van der Waals surface area contributed by atoms with Gasteiger partial charge in [0.1, 0.15) is 24.1 Å². The summed E-state index contributed by atoms with van der Waals surface area (Å²) in [6.45, 7) is -9.57. The van der Waals surface area contributed by atoms with Crippen molar-refractivity contribution in [2.24, 2.45) is 0 Å². The van der Waals surface area contributed by atoms with Crippen LogP contribution in [0.3, 0.4) is 0 Å². The number of carbonyl (C=O) groups is 1. The van der Waals surface area contributed by atoms with Gasteiger partial charge in [-0.1, -0.05) is 23.7 Å². The molecule has 4 aromatic rings. The van der Waals surface area contributed by atoms with E-state index in [-0.39, 0.29) is 10.6 Å². The Morgan fingerprint density at radius 2 is 2.15 bits per heavy atom. The van der Waals surface area contributed by atoms with Crippen molar-refractivity contribution < 1.29 is 40.3 Å². The van der Waals surface area contributed by atoms with Crippen LogP contribution in [0.4, 0.5) is 11.4 Å². The number of carbonyl (C=O) groups excluding carboxylic acids is 1. The molecule has 0 atom stereocenters. The first-order valence-corrected chi connectivity index (χ1v) is 11.9. The van der Waals surface area contributed by atoms with Crippen molar-refractivity contribution in [3.63, 3.8) is 0 Å². The highest BCUT2D eigenvalue weighted by Crippen LogP contribution is 2.36. The van der Waals surface area contributed by atoms with Crippen LogP contribution in [0.5, 0.6) is 11.5 Å². The number of rotatable bonds is 12. The summed E-state index contributed by atoms with van der Waals surface area (Å²) in [7, 11) is 0.849. The monoisotopic (exact) mass is 588 g/mol. The zero-order valence-corrected chi connectivity index (χ0v) is 22.4. The normalized spacial score (nSPS) is 19.4. The lowest BCUT2D eigenvalue weighted by molar-refractivity contribution is -0.114. The van der Waals surface area contributed by atoms with E-state index in [1.807, 2.05) is 0 Å². The number of allylic oxidation sites excluding steroid dienone is 1. The minimum Gasteiger partial charge on any atom is -0.494 e. The number of benzene rings is 2. The summed E-state index contributed by atoms with van der Waals surface area (Å²) in [5.74, 6) is -2.81. The minimum atomic E-state index is -3.12. The number of fused-ring (bicyclic) bond motifs is 1. The summed E-state index contributed by atoms with van der Waals surface area (Å²) in [5, 5.41) is 11.3. The Balaban J connectivity index is 1.97. The van der Waals surface area contributed by atoms with Crippen LogP contribution in [0.2, 0.25) is 5.02 Å². The molecule has 2 heterocycles. The molecule has 0 unspecified atom stereocenters. The van der Waals surface area contributed by atoms with Gasteiger partial charge in [-0.25, -0.2) is 0 Å². The van der Waals surface area contributed by atoms with E-state index in [1.165, 1.54) is 6.92 Å². The lowest BCUT2D eigenvalue weighted by Gasteiger charge is -2.16. The molecule has 0 saturated carbocycles. The van der Waals surface area contributed by atoms with Crippen LogP contribution in [0.25, 0.3) is 10.9 Å². The summed E-state index contributed by atoms with van der Waals surface area (Å²) in [4.78, 5) is 21.4. The lowest BCUT2D eigenvalue weighted by Crippen LogP contribution is -2.11. The molecule has 0 radical (unpaired) electrons. The Hall–Kier alpha value is -4.45. The van der Waals surface area contributed by atoms with Crippen molar-refractivity contribution in [2.75, 3.05) is 32.4 Å². The molecule has 0 aliphatic carbocycles. The van der Waals surface area contributed by atoms with Crippen molar-refractivity contribution in [3.8, 4) is 17.6 Å². The van der Waals surface area contributed by atoms with Gasteiger partial charge in [0.2, 0.25) is 0 Å². The van der Waals surface area contributed by atoms with Gasteiger partial charge < -0.3 is 19.7 Å². The number of aromatic nitrogens is 2. The van der Waals surface area contributed by atoms with E-state index in [1.54, 1.807) is 6.07 Å². The molecule has 1 N–H and O–H groups in total. The van der Waals surface area contributed by atoms with Gasteiger partial charge in [0.25, 0.3) is 0 Å². The summed E-state index contributed by atoms with van der Waals surface area (Å²) in [6, 6.07) is -5.84. The first kappa shape index (κ1) is 13.5.